The van der Waals surface area contributed by atoms with Crippen LogP contribution in [0.1, 0.15) is 123 Å². The quantitative estimate of drug-likeness (QED) is 0.275. The number of benzene rings is 3. The normalized spacial score (nSPS) is 12.6. The van der Waals surface area contributed by atoms with E-state index in [9.17, 15) is 10.2 Å². The molecule has 3 rings (SSSR count). The Morgan fingerprint density at radius 2 is 0.889 bits per heavy atom. The van der Waals surface area contributed by atoms with Gasteiger partial charge in [0.15, 0.2) is 0 Å². The average molecular weight is 657 g/mol. The Morgan fingerprint density at radius 1 is 0.600 bits per heavy atom. The van der Waals surface area contributed by atoms with Crippen LogP contribution >= 0.6 is 0 Å². The second-order valence-electron chi connectivity index (χ2n) is 15.4. The Hall–Kier alpha value is -3.42. The van der Waals surface area contributed by atoms with Crippen molar-refractivity contribution in [2.75, 3.05) is 0 Å². The van der Waals surface area contributed by atoms with Crippen LogP contribution in [0.25, 0.3) is 0 Å². The smallest absolute Gasteiger partial charge is 0.872 e. The van der Waals surface area contributed by atoms with E-state index in [0.717, 1.165) is 29.2 Å². The molecule has 3 aromatic carbocycles. The molecule has 0 fully saturated rings. The van der Waals surface area contributed by atoms with Crippen LogP contribution in [0.4, 0.5) is 11.4 Å². The first-order valence-corrected chi connectivity index (χ1v) is 15.0. The van der Waals surface area contributed by atoms with E-state index in [0.29, 0.717) is 22.5 Å². The molecule has 0 N–H and O–H groups in total. The number of rotatable bonds is 4. The number of carbonyl (C=O) groups is 1. The zero-order valence-electron chi connectivity index (χ0n) is 29.1. The molecule has 0 unspecified atom stereocenters. The van der Waals surface area contributed by atoms with Gasteiger partial charge in [-0.05, 0) is 74.1 Å². The van der Waals surface area contributed by atoms with Crippen molar-refractivity contribution in [2.24, 2.45) is 9.98 Å². The van der Waals surface area contributed by atoms with Crippen molar-refractivity contribution in [1.29, 1.82) is 0 Å². The molecule has 0 heterocycles. The molecule has 0 amide bonds. The van der Waals surface area contributed by atoms with E-state index in [4.69, 9.17) is 19.9 Å². The van der Waals surface area contributed by atoms with Gasteiger partial charge in [-0.15, -0.1) is 0 Å². The van der Waals surface area contributed by atoms with E-state index in [-0.39, 0.29) is 49.9 Å². The molecule has 3 aromatic rings. The van der Waals surface area contributed by atoms with E-state index in [2.05, 4.69) is 83.1 Å². The number of carboxylic acids is 1. The van der Waals surface area contributed by atoms with Gasteiger partial charge in [0.05, 0.1) is 11.4 Å². The Labute approximate surface area is 281 Å². The van der Waals surface area contributed by atoms with E-state index in [1.54, 1.807) is 12.4 Å². The van der Waals surface area contributed by atoms with Gasteiger partial charge in [0.25, 0.3) is 0 Å². The standard InChI is InChI=1S/C36H48N2O2.C2H4O2.Co/c1-33(2,3)25-17-23(31(39)27(19-25)35(7,8)9)21-37-29-15-13-14-16-30(29)38-22-24-18-26(34(4,5)6)20-28(32(24)40)36(10,11)12;1-2(3)4;/h13-22,39-40H,1-12H3;1H3,(H,3,4);/q;;+3/p-3. The number of nitrogens with zero attached hydrogens (tertiary/aromatic N) is 2. The van der Waals surface area contributed by atoms with Gasteiger partial charge in [0.1, 0.15) is 0 Å². The van der Waals surface area contributed by atoms with Gasteiger partial charge in [0.2, 0.25) is 0 Å². The molecule has 0 aliphatic heterocycles. The van der Waals surface area contributed by atoms with Gasteiger partial charge >= 0.3 is 16.8 Å². The second kappa shape index (κ2) is 14.8. The second-order valence-corrected chi connectivity index (χ2v) is 15.4. The maximum absolute atomic E-state index is 13.4. The van der Waals surface area contributed by atoms with Gasteiger partial charge in [-0.2, -0.15) is 0 Å². The maximum Gasteiger partial charge on any atom is 3.00 e. The predicted molar refractivity (Wildman–Crippen MR) is 178 cm³/mol. The fourth-order valence-electron chi connectivity index (χ4n) is 4.44. The third kappa shape index (κ3) is 11.2. The van der Waals surface area contributed by atoms with E-state index in [1.807, 2.05) is 48.5 Å². The molecule has 6 nitrogen and oxygen atoms in total. The first-order chi connectivity index (χ1) is 19.9. The summed E-state index contributed by atoms with van der Waals surface area (Å²) in [7, 11) is 0. The van der Waals surface area contributed by atoms with Crippen molar-refractivity contribution in [3.63, 3.8) is 0 Å². The fraction of sp³-hybridized carbons (Fsp3) is 0.447. The summed E-state index contributed by atoms with van der Waals surface area (Å²) in [6, 6.07) is 15.5. The Kier molecular flexibility index (Phi) is 13.0. The van der Waals surface area contributed by atoms with Gasteiger partial charge in [-0.25, -0.2) is 0 Å². The van der Waals surface area contributed by atoms with Crippen LogP contribution in [0.3, 0.4) is 0 Å². The number of aliphatic imine (C=N–C) groups is 2. The summed E-state index contributed by atoms with van der Waals surface area (Å²) in [6.07, 6.45) is 3.30. The molecule has 0 saturated heterocycles. The summed E-state index contributed by atoms with van der Waals surface area (Å²) in [5.74, 6) is -1.09. The molecule has 0 spiro atoms. The van der Waals surface area contributed by atoms with Crippen LogP contribution in [0.15, 0.2) is 58.5 Å². The number of carboxylic acid groups (broad SMARTS) is 1. The van der Waals surface area contributed by atoms with Crippen LogP contribution in [0.2, 0.25) is 0 Å². The summed E-state index contributed by atoms with van der Waals surface area (Å²) in [5, 5.41) is 35.7. The maximum atomic E-state index is 13.4. The minimum absolute atomic E-state index is 0. The predicted octanol–water partition coefficient (Wildman–Crippen LogP) is 7.28. The summed E-state index contributed by atoms with van der Waals surface area (Å²) in [6.45, 7) is 26.2. The zero-order chi connectivity index (χ0) is 33.8. The fourth-order valence-corrected chi connectivity index (χ4v) is 4.44. The Balaban J connectivity index is 0.00000191. The third-order valence-electron chi connectivity index (χ3n) is 7.15. The minimum Gasteiger partial charge on any atom is -0.872 e. The Bertz CT molecular complexity index is 1430. The molecule has 244 valence electrons. The molecular weight excluding hydrogens is 607 g/mol. The molecule has 0 radical (unpaired) electrons. The molecule has 0 saturated carbocycles. The number of hydrogen-bond donors (Lipinski definition) is 0. The molecule has 0 atom stereocenters. The number of para-hydroxylation sites is 2. The van der Waals surface area contributed by atoms with Crippen LogP contribution in [-0.2, 0) is 43.2 Å². The summed E-state index contributed by atoms with van der Waals surface area (Å²) in [5.41, 5.74) is 5.36. The van der Waals surface area contributed by atoms with Crippen LogP contribution in [0, 0.1) is 0 Å². The van der Waals surface area contributed by atoms with Crippen molar-refractivity contribution in [1.82, 2.24) is 0 Å². The van der Waals surface area contributed by atoms with Crippen LogP contribution in [0.5, 0.6) is 11.5 Å². The van der Waals surface area contributed by atoms with Crippen molar-refractivity contribution in [2.45, 2.75) is 112 Å². The van der Waals surface area contributed by atoms with Crippen LogP contribution in [-0.4, -0.2) is 18.4 Å². The van der Waals surface area contributed by atoms with Gasteiger partial charge in [-0.1, -0.05) is 131 Å². The van der Waals surface area contributed by atoms with Gasteiger partial charge in [-0.3, -0.25) is 9.98 Å². The summed E-state index contributed by atoms with van der Waals surface area (Å²) >= 11 is 0. The Morgan fingerprint density at radius 3 is 1.13 bits per heavy atom. The zero-order valence-corrected chi connectivity index (χ0v) is 30.2. The van der Waals surface area contributed by atoms with Crippen LogP contribution < -0.4 is 15.3 Å². The SMILES string of the molecule is CC(=O)[O-].CC(C)(C)c1cc(C=Nc2ccccc2N=Cc2cc(C(C)(C)C)cc(C(C)(C)C)c2[O-])c([O-])c(C(C)(C)C)c1.[Co+3]. The molecular formula is C38H49CoN2O4. The van der Waals surface area contributed by atoms with Crippen molar-refractivity contribution in [3.05, 3.63) is 81.9 Å². The molecule has 45 heavy (non-hydrogen) atoms. The average Bonchev–Trinajstić information content (AvgIpc) is 2.84. The van der Waals surface area contributed by atoms with E-state index in [1.165, 1.54) is 0 Å². The number of aliphatic carboxylic acids is 1. The largest absolute Gasteiger partial charge is 3.00 e. The molecule has 0 bridgehead atoms. The summed E-state index contributed by atoms with van der Waals surface area (Å²) < 4.78 is 0. The third-order valence-corrected chi connectivity index (χ3v) is 7.15. The van der Waals surface area contributed by atoms with Gasteiger partial charge < -0.3 is 20.1 Å². The van der Waals surface area contributed by atoms with E-state index < -0.39 is 5.97 Å². The first-order valence-electron chi connectivity index (χ1n) is 15.0. The number of hydrogen-bond acceptors (Lipinski definition) is 6. The van der Waals surface area contributed by atoms with Crippen molar-refractivity contribution >= 4 is 29.8 Å². The van der Waals surface area contributed by atoms with Crippen molar-refractivity contribution < 1.29 is 36.9 Å². The molecule has 0 aromatic heterocycles. The molecule has 0 aliphatic carbocycles. The van der Waals surface area contributed by atoms with Gasteiger partial charge in [0, 0.05) is 18.4 Å². The van der Waals surface area contributed by atoms with E-state index >= 15 is 0 Å². The van der Waals surface area contributed by atoms with Crippen molar-refractivity contribution in [3.8, 4) is 11.5 Å². The first kappa shape index (κ1) is 39.6. The minimum atomic E-state index is -1.08. The molecule has 7 heteroatoms. The monoisotopic (exact) mass is 656 g/mol. The number of carbonyl (C=O) groups excluding carboxylic acids is 1. The molecule has 0 aliphatic rings. The summed E-state index contributed by atoms with van der Waals surface area (Å²) in [4.78, 5) is 18.3. The topological polar surface area (TPSA) is 111 Å².